The molecule has 3 aromatic rings. The third kappa shape index (κ3) is 5.09. The Morgan fingerprint density at radius 2 is 1.19 bits per heavy atom. The number of aryl methyl sites for hydroxylation is 1. The Labute approximate surface area is 205 Å². The van der Waals surface area contributed by atoms with E-state index in [1.165, 1.54) is 24.3 Å². The minimum atomic E-state index is 0. The summed E-state index contributed by atoms with van der Waals surface area (Å²) < 4.78 is 11.9. The van der Waals surface area contributed by atoms with Crippen LogP contribution in [0.3, 0.4) is 0 Å². The maximum atomic E-state index is 9.21. The van der Waals surface area contributed by atoms with Gasteiger partial charge in [0, 0.05) is 44.2 Å². The average Bonchev–Trinajstić information content (AvgIpc) is 2.78. The summed E-state index contributed by atoms with van der Waals surface area (Å²) in [5.41, 5.74) is 2.47. The quantitative estimate of drug-likeness (QED) is 0.478. The van der Waals surface area contributed by atoms with E-state index in [9.17, 15) is 10.5 Å². The average molecular weight is 478 g/mol. The molecule has 0 N–H and O–H groups in total. The number of nitrogens with zero attached hydrogens (tertiary/aromatic N) is 4. The van der Waals surface area contributed by atoms with Gasteiger partial charge in [0.05, 0.1) is 22.3 Å². The molecule has 0 atom stereocenters. The Bertz CT molecular complexity index is 1320. The molecule has 0 unspecified atom stereocenters. The first-order valence-electron chi connectivity index (χ1n) is 8.76. The molecule has 145 valence electrons. The molecule has 0 aliphatic rings. The molecule has 0 saturated heterocycles. The van der Waals surface area contributed by atoms with E-state index in [-0.39, 0.29) is 55.0 Å². The topological polar surface area (TPSA) is 114 Å². The van der Waals surface area contributed by atoms with E-state index in [1.54, 1.807) is 25.1 Å². The second-order valence-electron chi connectivity index (χ2n) is 6.32. The molecular weight excluding hydrogens is 465 g/mol. The molecule has 0 spiro atoms. The molecule has 0 fully saturated rings. The van der Waals surface area contributed by atoms with Crippen molar-refractivity contribution < 1.29 is 42.2 Å². The molecule has 0 aromatic heterocycles. The summed E-state index contributed by atoms with van der Waals surface area (Å²) in [5, 5.41) is 36.5. The van der Waals surface area contributed by atoms with Gasteiger partial charge in [-0.3, -0.25) is 0 Å². The standard InChI is InChI=1S/C24H13N4O2.Y/c1-15-3-8-23(29-21-6-4-17(11-25)19(9-21)13-27)16(2)24(15)30-22-7-5-18(12-26)20(10-22)14-28;/h3-7,9-10H,1-2H3;/q-1;. The van der Waals surface area contributed by atoms with Gasteiger partial charge in [-0.25, -0.2) is 0 Å². The van der Waals surface area contributed by atoms with Gasteiger partial charge in [0.2, 0.25) is 0 Å². The monoisotopic (exact) mass is 478 g/mol. The van der Waals surface area contributed by atoms with Crippen molar-refractivity contribution in [2.75, 3.05) is 0 Å². The third-order valence-electron chi connectivity index (χ3n) is 4.36. The zero-order valence-electron chi connectivity index (χ0n) is 16.7. The number of hydrogen-bond acceptors (Lipinski definition) is 6. The first kappa shape index (κ1) is 23.6. The smallest absolute Gasteiger partial charge is 0.125 e. The molecule has 6 nitrogen and oxygen atoms in total. The van der Waals surface area contributed by atoms with Crippen LogP contribution in [0.5, 0.6) is 23.0 Å². The normalized spacial score (nSPS) is 9.23. The number of ether oxygens (including phenoxy) is 2. The van der Waals surface area contributed by atoms with Gasteiger partial charge < -0.3 is 9.47 Å². The van der Waals surface area contributed by atoms with Gasteiger partial charge in [-0.15, -0.1) is 11.6 Å². The summed E-state index contributed by atoms with van der Waals surface area (Å²) in [7, 11) is 0. The van der Waals surface area contributed by atoms with E-state index in [1.807, 2.05) is 31.2 Å². The van der Waals surface area contributed by atoms with Gasteiger partial charge in [-0.2, -0.15) is 27.1 Å². The first-order valence-corrected chi connectivity index (χ1v) is 8.76. The van der Waals surface area contributed by atoms with Gasteiger partial charge in [-0.05, 0) is 36.4 Å². The molecular formula is C24H13N4O2Y-. The van der Waals surface area contributed by atoms with Crippen LogP contribution in [-0.2, 0) is 32.7 Å². The van der Waals surface area contributed by atoms with Gasteiger partial charge in [0.25, 0.3) is 0 Å². The fourth-order valence-electron chi connectivity index (χ4n) is 2.80. The maximum Gasteiger partial charge on any atom is 0.125 e. The van der Waals surface area contributed by atoms with Crippen LogP contribution in [0.15, 0.2) is 42.5 Å². The fraction of sp³-hybridized carbons (Fsp3) is 0.0833. The summed E-state index contributed by atoms with van der Waals surface area (Å²) in [6, 6.07) is 21.9. The van der Waals surface area contributed by atoms with Crippen molar-refractivity contribution in [3.63, 3.8) is 0 Å². The summed E-state index contributed by atoms with van der Waals surface area (Å²) in [4.78, 5) is 0. The number of rotatable bonds is 4. The molecule has 1 radical (unpaired) electrons. The molecule has 3 aromatic carbocycles. The van der Waals surface area contributed by atoms with E-state index in [4.69, 9.17) is 20.0 Å². The van der Waals surface area contributed by atoms with Crippen LogP contribution in [-0.4, -0.2) is 0 Å². The van der Waals surface area contributed by atoms with Crippen molar-refractivity contribution in [3.8, 4) is 47.3 Å². The molecule has 0 bridgehead atoms. The van der Waals surface area contributed by atoms with Gasteiger partial charge >= 0.3 is 0 Å². The summed E-state index contributed by atoms with van der Waals surface area (Å²) in [6.07, 6.45) is 0. The van der Waals surface area contributed by atoms with Crippen molar-refractivity contribution in [2.45, 2.75) is 13.8 Å². The van der Waals surface area contributed by atoms with Crippen LogP contribution in [0.1, 0.15) is 33.4 Å². The fourth-order valence-corrected chi connectivity index (χ4v) is 2.80. The molecule has 0 aliphatic heterocycles. The summed E-state index contributed by atoms with van der Waals surface area (Å²) >= 11 is 0. The van der Waals surface area contributed by atoms with Crippen LogP contribution < -0.4 is 9.47 Å². The van der Waals surface area contributed by atoms with Crippen LogP contribution in [0.25, 0.3) is 0 Å². The Morgan fingerprint density at radius 1 is 0.710 bits per heavy atom. The molecule has 3 rings (SSSR count). The molecule has 31 heavy (non-hydrogen) atoms. The van der Waals surface area contributed by atoms with Crippen LogP contribution >= 0.6 is 0 Å². The Hall–Kier alpha value is -3.68. The van der Waals surface area contributed by atoms with E-state index in [0.717, 1.165) is 5.56 Å². The predicted octanol–water partition coefficient (Wildman–Crippen LogP) is 5.17. The molecule has 0 heterocycles. The summed E-state index contributed by atoms with van der Waals surface area (Å²) in [5.74, 6) is 1.74. The van der Waals surface area contributed by atoms with Crippen molar-refractivity contribution in [3.05, 3.63) is 81.9 Å². The zero-order chi connectivity index (χ0) is 21.7. The predicted molar refractivity (Wildman–Crippen MR) is 107 cm³/mol. The van der Waals surface area contributed by atoms with E-state index < -0.39 is 0 Å². The molecule has 7 heteroatoms. The first-order chi connectivity index (χ1) is 14.5. The second-order valence-corrected chi connectivity index (χ2v) is 6.32. The van der Waals surface area contributed by atoms with E-state index >= 15 is 0 Å². The molecule has 0 saturated carbocycles. The molecule has 0 aliphatic carbocycles. The Balaban J connectivity index is 0.00000341. The van der Waals surface area contributed by atoms with Crippen molar-refractivity contribution >= 4 is 0 Å². The SMILES string of the molecule is Cc1c[c-]c(Oc2ccc(C#N)c(C#N)c2)c(C)c1Oc1ccc(C#N)c(C#N)c1.[Y]. The van der Waals surface area contributed by atoms with E-state index in [0.29, 0.717) is 28.6 Å². The van der Waals surface area contributed by atoms with Crippen LogP contribution in [0.2, 0.25) is 0 Å². The second kappa shape index (κ2) is 10.4. The minimum Gasteiger partial charge on any atom is -0.483 e. The van der Waals surface area contributed by atoms with Crippen LogP contribution in [0, 0.1) is 65.2 Å². The number of benzene rings is 3. The van der Waals surface area contributed by atoms with Gasteiger partial charge in [0.15, 0.2) is 0 Å². The van der Waals surface area contributed by atoms with Crippen LogP contribution in [0.4, 0.5) is 0 Å². The molecule has 0 amide bonds. The van der Waals surface area contributed by atoms with Gasteiger partial charge in [-0.1, -0.05) is 19.4 Å². The minimum absolute atomic E-state index is 0. The zero-order valence-corrected chi connectivity index (χ0v) is 19.6. The van der Waals surface area contributed by atoms with Crippen molar-refractivity contribution in [1.29, 1.82) is 21.0 Å². The largest absolute Gasteiger partial charge is 0.483 e. The van der Waals surface area contributed by atoms with E-state index in [2.05, 4.69) is 6.07 Å². The third-order valence-corrected chi connectivity index (χ3v) is 4.36. The van der Waals surface area contributed by atoms with Crippen molar-refractivity contribution in [1.82, 2.24) is 0 Å². The number of hydrogen-bond donors (Lipinski definition) is 0. The number of nitriles is 4. The maximum absolute atomic E-state index is 9.21. The summed E-state index contributed by atoms with van der Waals surface area (Å²) in [6.45, 7) is 3.66. The van der Waals surface area contributed by atoms with Crippen molar-refractivity contribution in [2.24, 2.45) is 0 Å². The van der Waals surface area contributed by atoms with Gasteiger partial charge in [0.1, 0.15) is 35.8 Å². The Kier molecular flexibility index (Phi) is 7.90. The Morgan fingerprint density at radius 3 is 1.68 bits per heavy atom.